The van der Waals surface area contributed by atoms with Crippen LogP contribution in [-0.4, -0.2) is 17.0 Å². The van der Waals surface area contributed by atoms with Gasteiger partial charge < -0.3 is 5.32 Å². The fourth-order valence-electron chi connectivity index (χ4n) is 2.12. The molecule has 0 aromatic rings. The molecule has 14 heavy (non-hydrogen) atoms. The van der Waals surface area contributed by atoms with Crippen LogP contribution in [0.5, 0.6) is 0 Å². The van der Waals surface area contributed by atoms with Gasteiger partial charge in [0.15, 0.2) is 0 Å². The van der Waals surface area contributed by atoms with E-state index in [1.165, 1.54) is 43.9 Å². The molecule has 0 radical (unpaired) electrons. The number of allylic oxidation sites excluding steroid dienone is 1. The van der Waals surface area contributed by atoms with Gasteiger partial charge in [-0.05, 0) is 18.8 Å². The van der Waals surface area contributed by atoms with E-state index in [0.717, 1.165) is 11.7 Å². The molecule has 1 N–H and O–H groups in total. The molecule has 78 valence electrons. The third-order valence-electron chi connectivity index (χ3n) is 2.96. The summed E-state index contributed by atoms with van der Waals surface area (Å²) in [6.45, 7) is 0. The van der Waals surface area contributed by atoms with Crippen LogP contribution >= 0.6 is 11.8 Å². The van der Waals surface area contributed by atoms with Crippen LogP contribution in [0, 0.1) is 5.92 Å². The molecule has 0 spiro atoms. The molecule has 1 amide bonds. The van der Waals surface area contributed by atoms with E-state index < -0.39 is 0 Å². The summed E-state index contributed by atoms with van der Waals surface area (Å²) in [6.07, 6.45) is 11.3. The van der Waals surface area contributed by atoms with Crippen LogP contribution in [0.2, 0.25) is 0 Å². The molecule has 0 bridgehead atoms. The maximum absolute atomic E-state index is 10.9. The third-order valence-corrected chi connectivity index (χ3v) is 3.87. The molecule has 2 nitrogen and oxygen atoms in total. The van der Waals surface area contributed by atoms with Crippen molar-refractivity contribution in [1.82, 2.24) is 5.32 Å². The minimum absolute atomic E-state index is 0.128. The van der Waals surface area contributed by atoms with Gasteiger partial charge in [-0.1, -0.05) is 43.2 Å². The molecule has 0 aromatic carbocycles. The second kappa shape index (κ2) is 4.87. The highest BCUT2D eigenvalue weighted by atomic mass is 32.2. The third kappa shape index (κ3) is 2.77. The largest absolute Gasteiger partial charge is 0.340 e. The van der Waals surface area contributed by atoms with E-state index in [1.54, 1.807) is 0 Å². The Kier molecular flexibility index (Phi) is 3.51. The van der Waals surface area contributed by atoms with E-state index in [1.807, 2.05) is 0 Å². The van der Waals surface area contributed by atoms with Gasteiger partial charge in [0, 0.05) is 5.75 Å². The predicted molar refractivity (Wildman–Crippen MR) is 60.5 cm³/mol. The van der Waals surface area contributed by atoms with E-state index in [4.69, 9.17) is 0 Å². The van der Waals surface area contributed by atoms with E-state index in [9.17, 15) is 4.79 Å². The van der Waals surface area contributed by atoms with Crippen molar-refractivity contribution in [2.45, 2.75) is 38.1 Å². The number of thioether (sulfide) groups is 1. The molecule has 1 atom stereocenters. The van der Waals surface area contributed by atoms with Crippen molar-refractivity contribution in [1.29, 1.82) is 0 Å². The van der Waals surface area contributed by atoms with E-state index in [2.05, 4.69) is 17.5 Å². The second-order valence-electron chi connectivity index (χ2n) is 4.13. The number of nitrogens with one attached hydrogen (secondary N) is 1. The molecule has 2 rings (SSSR count). The van der Waals surface area contributed by atoms with Gasteiger partial charge >= 0.3 is 0 Å². The zero-order valence-corrected chi connectivity index (χ0v) is 9.19. The van der Waals surface area contributed by atoms with Crippen LogP contribution in [0.3, 0.4) is 0 Å². The van der Waals surface area contributed by atoms with Gasteiger partial charge in [-0.25, -0.2) is 0 Å². The number of carbonyl (C=O) groups excluding carboxylic acids is 1. The molecule has 3 heteroatoms. The van der Waals surface area contributed by atoms with Crippen molar-refractivity contribution in [3.8, 4) is 0 Å². The van der Waals surface area contributed by atoms with Crippen LogP contribution in [0.15, 0.2) is 12.2 Å². The van der Waals surface area contributed by atoms with Crippen molar-refractivity contribution in [2.75, 3.05) is 5.75 Å². The Morgan fingerprint density at radius 3 is 2.64 bits per heavy atom. The Hall–Kier alpha value is -0.440. The lowest BCUT2D eigenvalue weighted by molar-refractivity contribution is 0.261. The van der Waals surface area contributed by atoms with E-state index in [-0.39, 0.29) is 11.3 Å². The first-order valence-corrected chi connectivity index (χ1v) is 6.45. The highest BCUT2D eigenvalue weighted by Crippen LogP contribution is 2.25. The minimum Gasteiger partial charge on any atom is -0.340 e. The fourth-order valence-corrected chi connectivity index (χ4v) is 2.88. The van der Waals surface area contributed by atoms with Gasteiger partial charge in [-0.2, -0.15) is 0 Å². The molecule has 0 aromatic heterocycles. The normalized spacial score (nSPS) is 29.7. The summed E-state index contributed by atoms with van der Waals surface area (Å²) in [5.74, 6) is 1.67. The van der Waals surface area contributed by atoms with Crippen molar-refractivity contribution in [2.24, 2.45) is 5.92 Å². The molecule has 1 aliphatic heterocycles. The molecule has 2 aliphatic rings. The summed E-state index contributed by atoms with van der Waals surface area (Å²) in [5, 5.41) is 3.06. The molecule has 1 saturated carbocycles. The minimum atomic E-state index is 0.128. The number of rotatable bonds is 2. The lowest BCUT2D eigenvalue weighted by atomic mass is 9.89. The standard InChI is InChI=1S/C11H17NOS/c13-11-12-10(8-14-11)7-6-9-4-2-1-3-5-9/h6-7,9-10H,1-5,8H2,(H,12,13)/b7-6+/t10-/m1/s1. The Balaban J connectivity index is 1.77. The van der Waals surface area contributed by atoms with Gasteiger partial charge in [0.1, 0.15) is 0 Å². The molecular formula is C11H17NOS. The van der Waals surface area contributed by atoms with Crippen LogP contribution in [-0.2, 0) is 0 Å². The molecular weight excluding hydrogens is 194 g/mol. The summed E-state index contributed by atoms with van der Waals surface area (Å²) < 4.78 is 0. The number of hydrogen-bond acceptors (Lipinski definition) is 2. The quantitative estimate of drug-likeness (QED) is 0.711. The Bertz CT molecular complexity index is 233. The summed E-state index contributed by atoms with van der Waals surface area (Å²) in [6, 6.07) is 0.287. The topological polar surface area (TPSA) is 29.1 Å². The highest BCUT2D eigenvalue weighted by Gasteiger charge is 2.19. The Morgan fingerprint density at radius 2 is 2.00 bits per heavy atom. The molecule has 0 unspecified atom stereocenters. The predicted octanol–water partition coefficient (Wildman–Crippen LogP) is 2.95. The summed E-state index contributed by atoms with van der Waals surface area (Å²) >= 11 is 1.39. The van der Waals surface area contributed by atoms with Gasteiger partial charge in [0.25, 0.3) is 5.24 Å². The SMILES string of the molecule is O=C1N[C@H](/C=C/C2CCCCC2)CS1. The molecule has 1 aliphatic carbocycles. The van der Waals surface area contributed by atoms with Crippen molar-refractivity contribution in [3.05, 3.63) is 12.2 Å². The average molecular weight is 211 g/mol. The Labute approximate surface area is 89.5 Å². The monoisotopic (exact) mass is 211 g/mol. The van der Waals surface area contributed by atoms with Crippen LogP contribution in [0.1, 0.15) is 32.1 Å². The maximum Gasteiger partial charge on any atom is 0.279 e. The van der Waals surface area contributed by atoms with Crippen molar-refractivity contribution < 1.29 is 4.79 Å². The van der Waals surface area contributed by atoms with Crippen LogP contribution < -0.4 is 5.32 Å². The first-order valence-electron chi connectivity index (χ1n) is 5.46. The molecule has 2 fully saturated rings. The smallest absolute Gasteiger partial charge is 0.279 e. The van der Waals surface area contributed by atoms with E-state index in [0.29, 0.717) is 0 Å². The van der Waals surface area contributed by atoms with E-state index >= 15 is 0 Å². The van der Waals surface area contributed by atoms with Gasteiger partial charge in [0.2, 0.25) is 0 Å². The zero-order chi connectivity index (χ0) is 9.80. The molecule has 1 heterocycles. The lowest BCUT2D eigenvalue weighted by Crippen LogP contribution is -2.23. The highest BCUT2D eigenvalue weighted by molar-refractivity contribution is 8.14. The van der Waals surface area contributed by atoms with Crippen LogP contribution in [0.4, 0.5) is 4.79 Å². The number of hydrogen-bond donors (Lipinski definition) is 1. The van der Waals surface area contributed by atoms with Gasteiger partial charge in [-0.3, -0.25) is 4.79 Å². The molecule has 1 saturated heterocycles. The van der Waals surface area contributed by atoms with Crippen LogP contribution in [0.25, 0.3) is 0 Å². The van der Waals surface area contributed by atoms with Crippen molar-refractivity contribution >= 4 is 17.0 Å². The van der Waals surface area contributed by atoms with Gasteiger partial charge in [-0.15, -0.1) is 0 Å². The maximum atomic E-state index is 10.9. The van der Waals surface area contributed by atoms with Crippen molar-refractivity contribution in [3.63, 3.8) is 0 Å². The number of carbonyl (C=O) groups is 1. The Morgan fingerprint density at radius 1 is 1.21 bits per heavy atom. The first kappa shape index (κ1) is 10.1. The fraction of sp³-hybridized carbons (Fsp3) is 0.727. The lowest BCUT2D eigenvalue weighted by Gasteiger charge is -2.18. The number of amides is 1. The average Bonchev–Trinajstić information content (AvgIpc) is 2.63. The summed E-state index contributed by atoms with van der Waals surface area (Å²) in [4.78, 5) is 10.9. The summed E-state index contributed by atoms with van der Waals surface area (Å²) in [5.41, 5.74) is 0. The summed E-state index contributed by atoms with van der Waals surface area (Å²) in [7, 11) is 0. The second-order valence-corrected chi connectivity index (χ2v) is 5.13. The zero-order valence-electron chi connectivity index (χ0n) is 8.37. The first-order chi connectivity index (χ1) is 6.84. The van der Waals surface area contributed by atoms with Gasteiger partial charge in [0.05, 0.1) is 6.04 Å².